The van der Waals surface area contributed by atoms with Crippen LogP contribution in [0.4, 0.5) is 0 Å². The van der Waals surface area contributed by atoms with Gasteiger partial charge in [0.2, 0.25) is 11.5 Å². The van der Waals surface area contributed by atoms with E-state index in [1.807, 2.05) is 27.7 Å². The number of fused-ring (bicyclic) bond motifs is 1. The largest absolute Gasteiger partial charge is 0.341 e. The molecule has 2 atom stereocenters. The van der Waals surface area contributed by atoms with Gasteiger partial charge in [-0.3, -0.25) is 14.8 Å². The van der Waals surface area contributed by atoms with Gasteiger partial charge in [0, 0.05) is 19.5 Å². The molecule has 34 heavy (non-hydrogen) atoms. The Morgan fingerprint density at radius 3 is 1.97 bits per heavy atom. The number of rotatable bonds is 6. The van der Waals surface area contributed by atoms with E-state index in [-0.39, 0.29) is 11.9 Å². The normalized spacial score (nSPS) is 15.2. The van der Waals surface area contributed by atoms with Crippen molar-refractivity contribution in [3.05, 3.63) is 101 Å². The SMILES string of the molecule is Cc1ccc(C[C@@H](C(=O)N2CCC2)n2c(=N)n(C(C)c3ccc(C)cc3)c3ccccc32)cc1. The Balaban J connectivity index is 1.65. The Kier molecular flexibility index (Phi) is 5.86. The van der Waals surface area contributed by atoms with Crippen LogP contribution in [-0.2, 0) is 11.2 Å². The Morgan fingerprint density at radius 1 is 0.853 bits per heavy atom. The monoisotopic (exact) mass is 452 g/mol. The number of para-hydroxylation sites is 2. The summed E-state index contributed by atoms with van der Waals surface area (Å²) in [4.78, 5) is 15.6. The third-order valence-corrected chi connectivity index (χ3v) is 7.12. The highest BCUT2D eigenvalue weighted by Gasteiger charge is 2.32. The van der Waals surface area contributed by atoms with Crippen molar-refractivity contribution in [3.8, 4) is 0 Å². The van der Waals surface area contributed by atoms with Crippen molar-refractivity contribution in [2.24, 2.45) is 0 Å². The minimum atomic E-state index is -0.452. The molecular weight excluding hydrogens is 420 g/mol. The van der Waals surface area contributed by atoms with Crippen molar-refractivity contribution >= 4 is 16.9 Å². The number of carbonyl (C=O) groups excluding carboxylic acids is 1. The van der Waals surface area contributed by atoms with Gasteiger partial charge in [0.25, 0.3) is 0 Å². The zero-order valence-electron chi connectivity index (χ0n) is 20.2. The lowest BCUT2D eigenvalue weighted by molar-refractivity contribution is -0.138. The molecule has 174 valence electrons. The van der Waals surface area contributed by atoms with Crippen molar-refractivity contribution < 1.29 is 4.79 Å². The van der Waals surface area contributed by atoms with Gasteiger partial charge < -0.3 is 9.47 Å². The maximum absolute atomic E-state index is 13.7. The summed E-state index contributed by atoms with van der Waals surface area (Å²) in [5, 5.41) is 9.29. The van der Waals surface area contributed by atoms with Gasteiger partial charge in [-0.25, -0.2) is 0 Å². The predicted octanol–water partition coefficient (Wildman–Crippen LogP) is 5.16. The van der Waals surface area contributed by atoms with Crippen LogP contribution in [0, 0.1) is 19.3 Å². The summed E-state index contributed by atoms with van der Waals surface area (Å²) < 4.78 is 4.02. The third-order valence-electron chi connectivity index (χ3n) is 7.12. The number of nitrogens with zero attached hydrogens (tertiary/aromatic N) is 3. The van der Waals surface area contributed by atoms with Gasteiger partial charge >= 0.3 is 0 Å². The molecule has 1 unspecified atom stereocenters. The lowest BCUT2D eigenvalue weighted by atomic mass is 10.0. The highest BCUT2D eigenvalue weighted by molar-refractivity contribution is 5.85. The fourth-order valence-electron chi connectivity index (χ4n) is 4.90. The third kappa shape index (κ3) is 3.96. The lowest BCUT2D eigenvalue weighted by Gasteiger charge is -2.34. The van der Waals surface area contributed by atoms with E-state index in [9.17, 15) is 10.2 Å². The van der Waals surface area contributed by atoms with Crippen LogP contribution in [0.5, 0.6) is 0 Å². The van der Waals surface area contributed by atoms with Gasteiger partial charge in [-0.2, -0.15) is 0 Å². The molecule has 1 N–H and O–H groups in total. The number of amides is 1. The van der Waals surface area contributed by atoms with Crippen molar-refractivity contribution in [1.29, 1.82) is 5.41 Å². The van der Waals surface area contributed by atoms with Crippen molar-refractivity contribution in [2.45, 2.75) is 45.7 Å². The van der Waals surface area contributed by atoms with Crippen LogP contribution in [0.1, 0.15) is 47.7 Å². The minimum Gasteiger partial charge on any atom is -0.341 e. The summed E-state index contributed by atoms with van der Waals surface area (Å²) in [5.74, 6) is 0.108. The first-order chi connectivity index (χ1) is 16.4. The number of imidazole rings is 1. The van der Waals surface area contributed by atoms with E-state index in [1.165, 1.54) is 11.1 Å². The summed E-state index contributed by atoms with van der Waals surface area (Å²) in [5.41, 5.74) is 6.94. The van der Waals surface area contributed by atoms with Crippen LogP contribution < -0.4 is 5.62 Å². The second-order valence-electron chi connectivity index (χ2n) is 9.52. The first-order valence-electron chi connectivity index (χ1n) is 12.1. The van der Waals surface area contributed by atoms with Crippen molar-refractivity contribution in [3.63, 3.8) is 0 Å². The molecule has 0 aliphatic carbocycles. The van der Waals surface area contributed by atoms with Crippen LogP contribution in [-0.4, -0.2) is 33.0 Å². The number of nitrogens with one attached hydrogen (secondary N) is 1. The molecule has 5 rings (SSSR count). The molecule has 0 spiro atoms. The minimum absolute atomic E-state index is 0.0293. The van der Waals surface area contributed by atoms with Crippen molar-refractivity contribution in [1.82, 2.24) is 14.0 Å². The molecule has 2 heterocycles. The summed E-state index contributed by atoms with van der Waals surface area (Å²) in [6.07, 6.45) is 1.62. The molecule has 1 aromatic heterocycles. The van der Waals surface area contributed by atoms with E-state index in [4.69, 9.17) is 0 Å². The second-order valence-corrected chi connectivity index (χ2v) is 9.52. The Morgan fingerprint density at radius 2 is 1.41 bits per heavy atom. The van der Waals surface area contributed by atoms with Gasteiger partial charge in [0.1, 0.15) is 6.04 Å². The molecule has 0 saturated carbocycles. The fraction of sp³-hybridized carbons (Fsp3) is 0.310. The summed E-state index contributed by atoms with van der Waals surface area (Å²) in [7, 11) is 0. The topological polar surface area (TPSA) is 54.0 Å². The number of aromatic nitrogens is 2. The van der Waals surface area contributed by atoms with E-state index in [0.717, 1.165) is 41.7 Å². The standard InChI is InChI=1S/C29H32N4O/c1-20-9-13-23(14-10-20)19-27(28(34)31-17-6-18-31)33-26-8-5-4-7-25(26)32(29(33)30)22(3)24-15-11-21(2)12-16-24/h4-5,7-16,22,27,30H,6,17-19H2,1-3H3/t22?,27-/m0/s1. The molecular formula is C29H32N4O. The van der Waals surface area contributed by atoms with E-state index >= 15 is 0 Å². The Bertz CT molecular complexity index is 1370. The molecule has 4 aromatic rings. The molecule has 1 aliphatic rings. The van der Waals surface area contributed by atoms with Crippen LogP contribution in [0.3, 0.4) is 0 Å². The van der Waals surface area contributed by atoms with Crippen LogP contribution >= 0.6 is 0 Å². The molecule has 0 bridgehead atoms. The average Bonchev–Trinajstić information content (AvgIpc) is 3.09. The highest BCUT2D eigenvalue weighted by Crippen LogP contribution is 2.28. The van der Waals surface area contributed by atoms with Crippen molar-refractivity contribution in [2.75, 3.05) is 13.1 Å². The molecule has 1 aliphatic heterocycles. The molecule has 1 amide bonds. The molecule has 1 saturated heterocycles. The first kappa shape index (κ1) is 22.2. The number of hydrogen-bond acceptors (Lipinski definition) is 2. The zero-order valence-corrected chi connectivity index (χ0v) is 20.2. The predicted molar refractivity (Wildman–Crippen MR) is 136 cm³/mol. The Hall–Kier alpha value is -3.60. The van der Waals surface area contributed by atoms with E-state index < -0.39 is 6.04 Å². The number of carbonyl (C=O) groups is 1. The zero-order chi connectivity index (χ0) is 23.8. The summed E-state index contributed by atoms with van der Waals surface area (Å²) >= 11 is 0. The number of hydrogen-bond donors (Lipinski definition) is 1. The number of aryl methyl sites for hydroxylation is 2. The van der Waals surface area contributed by atoms with Gasteiger partial charge in [0.05, 0.1) is 17.1 Å². The smallest absolute Gasteiger partial charge is 0.246 e. The molecule has 1 fully saturated rings. The Labute approximate surface area is 200 Å². The molecule has 5 nitrogen and oxygen atoms in total. The highest BCUT2D eigenvalue weighted by atomic mass is 16.2. The van der Waals surface area contributed by atoms with Gasteiger partial charge in [-0.15, -0.1) is 0 Å². The molecule has 0 radical (unpaired) electrons. The quantitative estimate of drug-likeness (QED) is 0.431. The summed E-state index contributed by atoms with van der Waals surface area (Å²) in [6.45, 7) is 7.89. The van der Waals surface area contributed by atoms with Crippen LogP contribution in [0.15, 0.2) is 72.8 Å². The number of benzene rings is 3. The van der Waals surface area contributed by atoms with Gasteiger partial charge in [-0.05, 0) is 50.5 Å². The maximum Gasteiger partial charge on any atom is 0.246 e. The maximum atomic E-state index is 13.7. The van der Waals surface area contributed by atoms with Gasteiger partial charge in [-0.1, -0.05) is 71.8 Å². The molecule has 3 aromatic carbocycles. The lowest BCUT2D eigenvalue weighted by Crippen LogP contribution is -2.48. The van der Waals surface area contributed by atoms with E-state index in [1.54, 1.807) is 0 Å². The van der Waals surface area contributed by atoms with E-state index in [0.29, 0.717) is 12.0 Å². The van der Waals surface area contributed by atoms with E-state index in [2.05, 4.69) is 79.9 Å². The van der Waals surface area contributed by atoms with Gasteiger partial charge in [0.15, 0.2) is 0 Å². The van der Waals surface area contributed by atoms with Crippen LogP contribution in [0.2, 0.25) is 0 Å². The number of likely N-dealkylation sites (tertiary alicyclic amines) is 1. The first-order valence-corrected chi connectivity index (χ1v) is 12.1. The average molecular weight is 453 g/mol. The second kappa shape index (κ2) is 8.98. The fourth-order valence-corrected chi connectivity index (χ4v) is 4.90. The van der Waals surface area contributed by atoms with Crippen LogP contribution in [0.25, 0.3) is 11.0 Å². The molecule has 5 heteroatoms. The summed E-state index contributed by atoms with van der Waals surface area (Å²) in [6, 6.07) is 24.5.